The van der Waals surface area contributed by atoms with E-state index in [0.717, 1.165) is 22.3 Å². The molecule has 1 saturated heterocycles. The smallest absolute Gasteiger partial charge is 0.407 e. The van der Waals surface area contributed by atoms with Gasteiger partial charge in [0.15, 0.2) is 0 Å². The molecule has 28 heavy (non-hydrogen) atoms. The molecule has 2 N–H and O–H groups in total. The Kier molecular flexibility index (Phi) is 4.58. The first kappa shape index (κ1) is 18.2. The van der Waals surface area contributed by atoms with Crippen LogP contribution in [0.5, 0.6) is 0 Å². The number of fused-ring (bicyclic) bond motifs is 1. The number of hydrogen-bond donors (Lipinski definition) is 2. The molecular weight excluding hydrogens is 356 g/mol. The predicted molar refractivity (Wildman–Crippen MR) is 109 cm³/mol. The summed E-state index contributed by atoms with van der Waals surface area (Å²) in [5.74, 6) is 0. The number of H-pyrrole nitrogens is 1. The van der Waals surface area contributed by atoms with E-state index in [-0.39, 0.29) is 17.8 Å². The molecule has 0 saturated carbocycles. The Hall–Kier alpha value is -3.22. The molecule has 1 amide bonds. The third-order valence-corrected chi connectivity index (χ3v) is 5.58. The summed E-state index contributed by atoms with van der Waals surface area (Å²) >= 11 is 0. The first-order valence-corrected chi connectivity index (χ1v) is 9.42. The van der Waals surface area contributed by atoms with Crippen molar-refractivity contribution >= 4 is 22.8 Å². The SMILES string of the molecule is CN(C)c1cccc(C2CC(n3c(=O)[nH]c4ccccc43)CCN2C(=O)O)c1. The lowest BCUT2D eigenvalue weighted by Gasteiger charge is -2.38. The summed E-state index contributed by atoms with van der Waals surface area (Å²) in [5, 5.41) is 9.73. The van der Waals surface area contributed by atoms with Gasteiger partial charge in [0.25, 0.3) is 0 Å². The van der Waals surface area contributed by atoms with Crippen LogP contribution in [0.1, 0.15) is 30.5 Å². The molecule has 0 radical (unpaired) electrons. The highest BCUT2D eigenvalue weighted by atomic mass is 16.4. The lowest BCUT2D eigenvalue weighted by atomic mass is 9.91. The van der Waals surface area contributed by atoms with Crippen LogP contribution in [-0.4, -0.2) is 46.3 Å². The molecule has 1 fully saturated rings. The predicted octanol–water partition coefficient (Wildman–Crippen LogP) is 3.45. The van der Waals surface area contributed by atoms with E-state index >= 15 is 0 Å². The third-order valence-electron chi connectivity index (χ3n) is 5.58. The fraction of sp³-hybridized carbons (Fsp3) is 0.333. The standard InChI is InChI=1S/C21H24N4O3/c1-23(2)15-7-5-6-14(12-15)19-13-16(10-11-24(19)21(27)28)25-18-9-4-3-8-17(18)22-20(25)26/h3-9,12,16,19H,10-11,13H2,1-2H3,(H,22,26)(H,27,28). The molecule has 146 valence electrons. The van der Waals surface area contributed by atoms with Gasteiger partial charge < -0.3 is 19.9 Å². The van der Waals surface area contributed by atoms with Crippen LogP contribution in [0.15, 0.2) is 53.3 Å². The van der Waals surface area contributed by atoms with Crippen molar-refractivity contribution in [1.29, 1.82) is 0 Å². The molecule has 7 nitrogen and oxygen atoms in total. The lowest BCUT2D eigenvalue weighted by molar-refractivity contribution is 0.0914. The Morgan fingerprint density at radius 3 is 2.71 bits per heavy atom. The van der Waals surface area contributed by atoms with E-state index in [1.807, 2.05) is 67.5 Å². The first-order valence-electron chi connectivity index (χ1n) is 9.42. The highest BCUT2D eigenvalue weighted by Crippen LogP contribution is 2.38. The summed E-state index contributed by atoms with van der Waals surface area (Å²) in [5.41, 5.74) is 3.50. The molecule has 4 rings (SSSR count). The van der Waals surface area contributed by atoms with Crippen LogP contribution in [0.3, 0.4) is 0 Å². The Morgan fingerprint density at radius 1 is 1.18 bits per heavy atom. The second-order valence-electron chi connectivity index (χ2n) is 7.48. The molecule has 1 aliphatic heterocycles. The number of anilines is 1. The number of piperidine rings is 1. The maximum absolute atomic E-state index is 12.6. The van der Waals surface area contributed by atoms with Gasteiger partial charge in [0.05, 0.1) is 17.1 Å². The van der Waals surface area contributed by atoms with Crippen molar-refractivity contribution in [2.75, 3.05) is 25.5 Å². The number of carbonyl (C=O) groups is 1. The summed E-state index contributed by atoms with van der Waals surface area (Å²) < 4.78 is 1.79. The average molecular weight is 380 g/mol. The summed E-state index contributed by atoms with van der Waals surface area (Å²) in [6, 6.07) is 15.2. The highest BCUT2D eigenvalue weighted by Gasteiger charge is 2.34. The van der Waals surface area contributed by atoms with Crippen molar-refractivity contribution < 1.29 is 9.90 Å². The van der Waals surface area contributed by atoms with E-state index in [4.69, 9.17) is 0 Å². The van der Waals surface area contributed by atoms with Gasteiger partial charge in [0.2, 0.25) is 0 Å². The largest absolute Gasteiger partial charge is 0.465 e. The van der Waals surface area contributed by atoms with Crippen LogP contribution in [0.25, 0.3) is 11.0 Å². The Bertz CT molecular complexity index is 1070. The maximum Gasteiger partial charge on any atom is 0.407 e. The molecule has 7 heteroatoms. The summed E-state index contributed by atoms with van der Waals surface area (Å²) in [7, 11) is 3.92. The van der Waals surface area contributed by atoms with Crippen LogP contribution in [-0.2, 0) is 0 Å². The molecule has 2 aromatic carbocycles. The van der Waals surface area contributed by atoms with Crippen molar-refractivity contribution in [2.45, 2.75) is 24.9 Å². The molecule has 1 aromatic heterocycles. The van der Waals surface area contributed by atoms with Gasteiger partial charge >= 0.3 is 11.8 Å². The molecule has 2 heterocycles. The fourth-order valence-electron chi connectivity index (χ4n) is 4.17. The minimum atomic E-state index is -0.926. The molecule has 1 aliphatic rings. The van der Waals surface area contributed by atoms with Gasteiger partial charge in [0, 0.05) is 32.4 Å². The van der Waals surface area contributed by atoms with E-state index in [2.05, 4.69) is 4.98 Å². The molecular formula is C21H24N4O3. The van der Waals surface area contributed by atoms with Crippen LogP contribution in [0, 0.1) is 0 Å². The molecule has 2 atom stereocenters. The number of para-hydroxylation sites is 2. The lowest BCUT2D eigenvalue weighted by Crippen LogP contribution is -2.42. The maximum atomic E-state index is 12.6. The first-order chi connectivity index (χ1) is 13.5. The Morgan fingerprint density at radius 2 is 1.96 bits per heavy atom. The number of carboxylic acid groups (broad SMARTS) is 1. The molecule has 3 aromatic rings. The van der Waals surface area contributed by atoms with Crippen molar-refractivity contribution in [3.05, 3.63) is 64.6 Å². The van der Waals surface area contributed by atoms with Gasteiger partial charge in [-0.2, -0.15) is 0 Å². The average Bonchev–Trinajstić information content (AvgIpc) is 3.03. The van der Waals surface area contributed by atoms with E-state index < -0.39 is 6.09 Å². The zero-order valence-electron chi connectivity index (χ0n) is 16.0. The highest BCUT2D eigenvalue weighted by molar-refractivity contribution is 5.75. The van der Waals surface area contributed by atoms with Crippen molar-refractivity contribution in [1.82, 2.24) is 14.5 Å². The zero-order chi connectivity index (χ0) is 19.8. The summed E-state index contributed by atoms with van der Waals surface area (Å²) in [4.78, 5) is 30.9. The van der Waals surface area contributed by atoms with Crippen molar-refractivity contribution in [3.8, 4) is 0 Å². The number of hydrogen-bond acceptors (Lipinski definition) is 3. The monoisotopic (exact) mass is 380 g/mol. The number of rotatable bonds is 3. The number of nitrogens with zero attached hydrogens (tertiary/aromatic N) is 3. The van der Waals surface area contributed by atoms with Gasteiger partial charge in [-0.1, -0.05) is 24.3 Å². The van der Waals surface area contributed by atoms with Gasteiger partial charge in [-0.05, 0) is 42.7 Å². The molecule has 0 spiro atoms. The van der Waals surface area contributed by atoms with Crippen LogP contribution in [0.4, 0.5) is 10.5 Å². The van der Waals surface area contributed by atoms with Crippen LogP contribution < -0.4 is 10.6 Å². The summed E-state index contributed by atoms with van der Waals surface area (Å²) in [6.07, 6.45) is 0.244. The van der Waals surface area contributed by atoms with E-state index in [1.54, 1.807) is 4.57 Å². The van der Waals surface area contributed by atoms with Gasteiger partial charge in [-0.25, -0.2) is 9.59 Å². The second kappa shape index (κ2) is 7.07. The topological polar surface area (TPSA) is 81.6 Å². The normalized spacial score (nSPS) is 19.7. The van der Waals surface area contributed by atoms with Crippen LogP contribution >= 0.6 is 0 Å². The number of benzene rings is 2. The summed E-state index contributed by atoms with van der Waals surface area (Å²) in [6.45, 7) is 0.392. The Balaban J connectivity index is 1.74. The minimum absolute atomic E-state index is 0.0627. The van der Waals surface area contributed by atoms with E-state index in [9.17, 15) is 14.7 Å². The number of aromatic nitrogens is 2. The van der Waals surface area contributed by atoms with Crippen molar-refractivity contribution in [2.24, 2.45) is 0 Å². The minimum Gasteiger partial charge on any atom is -0.465 e. The van der Waals surface area contributed by atoms with E-state index in [1.165, 1.54) is 4.90 Å². The molecule has 0 aliphatic carbocycles. The molecule has 0 bridgehead atoms. The van der Waals surface area contributed by atoms with Gasteiger partial charge in [-0.15, -0.1) is 0 Å². The number of imidazole rings is 1. The second-order valence-corrected chi connectivity index (χ2v) is 7.48. The number of amides is 1. The Labute approximate surface area is 162 Å². The fourth-order valence-corrected chi connectivity index (χ4v) is 4.17. The van der Waals surface area contributed by atoms with Gasteiger partial charge in [0.1, 0.15) is 0 Å². The zero-order valence-corrected chi connectivity index (χ0v) is 16.0. The number of likely N-dealkylation sites (tertiary alicyclic amines) is 1. The molecule has 2 unspecified atom stereocenters. The van der Waals surface area contributed by atoms with Crippen LogP contribution in [0.2, 0.25) is 0 Å². The van der Waals surface area contributed by atoms with E-state index in [0.29, 0.717) is 19.4 Å². The quantitative estimate of drug-likeness (QED) is 0.729. The van der Waals surface area contributed by atoms with Gasteiger partial charge in [-0.3, -0.25) is 4.57 Å². The number of nitrogens with one attached hydrogen (secondary N) is 1. The third kappa shape index (κ3) is 3.13. The van der Waals surface area contributed by atoms with Crippen molar-refractivity contribution in [3.63, 3.8) is 0 Å². The number of aromatic amines is 1.